The number of ketones is 2. The van der Waals surface area contributed by atoms with E-state index in [1.54, 1.807) is 6.07 Å². The van der Waals surface area contributed by atoms with Crippen LogP contribution in [0.5, 0.6) is 0 Å². The lowest BCUT2D eigenvalue weighted by Crippen LogP contribution is -2.36. The molecule has 0 bridgehead atoms. The Morgan fingerprint density at radius 1 is 0.657 bits per heavy atom. The number of unbranched alkanes of at least 4 members (excludes halogenated alkanes) is 2. The molecule has 0 unspecified atom stereocenters. The van der Waals surface area contributed by atoms with E-state index in [4.69, 9.17) is 11.6 Å². The van der Waals surface area contributed by atoms with Gasteiger partial charge in [-0.05, 0) is 37.1 Å². The molecule has 0 radical (unpaired) electrons. The maximum atomic E-state index is 14.0. The molecule has 0 atom stereocenters. The summed E-state index contributed by atoms with van der Waals surface area (Å²) in [6.45, 7) is 7.43. The molecule has 0 fully saturated rings. The Labute approximate surface area is 215 Å². The maximum absolute atomic E-state index is 14.0. The molecule has 3 N–H and O–H groups in total. The third kappa shape index (κ3) is 6.36. The molecular weight excluding hydrogens is 460 g/mol. The van der Waals surface area contributed by atoms with Crippen molar-refractivity contribution in [3.05, 3.63) is 51.5 Å². The van der Waals surface area contributed by atoms with Gasteiger partial charge in [0, 0.05) is 43.1 Å². The maximum Gasteiger partial charge on any atom is 0.198 e. The van der Waals surface area contributed by atoms with Gasteiger partial charge in [-0.15, -0.1) is 0 Å². The normalized spacial score (nSPS) is 12.9. The van der Waals surface area contributed by atoms with Crippen LogP contribution in [0.4, 0.5) is 17.1 Å². The summed E-state index contributed by atoms with van der Waals surface area (Å²) >= 11 is 6.54. The standard InChI is InChI=1S/C28H39ClN4O2/c1-6-8-15-30-21-13-14-22(31-16-9-7-2)26-25(21)27(34)23-19(29)11-12-20(24(23)28(26)35)32-17-10-18-33(3,4)5/h11-14H,6-10,15-18H2,1-5H3,(H2-,30,31,32,34,35)/p+1. The van der Waals surface area contributed by atoms with Gasteiger partial charge in [0.1, 0.15) is 0 Å². The van der Waals surface area contributed by atoms with Gasteiger partial charge in [0.05, 0.1) is 55.0 Å². The second-order valence-corrected chi connectivity index (χ2v) is 10.7. The minimum atomic E-state index is -0.201. The van der Waals surface area contributed by atoms with E-state index in [0.29, 0.717) is 50.9 Å². The van der Waals surface area contributed by atoms with Gasteiger partial charge in [0.25, 0.3) is 0 Å². The van der Waals surface area contributed by atoms with E-state index in [9.17, 15) is 9.59 Å². The molecule has 1 aliphatic carbocycles. The first-order valence-corrected chi connectivity index (χ1v) is 13.2. The van der Waals surface area contributed by atoms with E-state index < -0.39 is 0 Å². The van der Waals surface area contributed by atoms with E-state index >= 15 is 0 Å². The monoisotopic (exact) mass is 499 g/mol. The molecule has 1 aliphatic rings. The smallest absolute Gasteiger partial charge is 0.198 e. The van der Waals surface area contributed by atoms with Crippen molar-refractivity contribution in [2.24, 2.45) is 0 Å². The van der Waals surface area contributed by atoms with E-state index in [2.05, 4.69) is 50.9 Å². The number of anilines is 3. The Morgan fingerprint density at radius 2 is 1.06 bits per heavy atom. The van der Waals surface area contributed by atoms with Gasteiger partial charge in [-0.3, -0.25) is 9.59 Å². The Morgan fingerprint density at radius 3 is 1.51 bits per heavy atom. The van der Waals surface area contributed by atoms with Gasteiger partial charge >= 0.3 is 0 Å². The highest BCUT2D eigenvalue weighted by molar-refractivity contribution is 6.41. The molecule has 6 nitrogen and oxygen atoms in total. The molecule has 0 saturated heterocycles. The van der Waals surface area contributed by atoms with Crippen molar-refractivity contribution >= 4 is 40.2 Å². The van der Waals surface area contributed by atoms with Crippen molar-refractivity contribution < 1.29 is 14.1 Å². The third-order valence-corrected chi connectivity index (χ3v) is 6.60. The van der Waals surface area contributed by atoms with Gasteiger partial charge in [-0.25, -0.2) is 0 Å². The number of quaternary nitrogens is 1. The number of fused-ring (bicyclic) bond motifs is 2. The van der Waals surface area contributed by atoms with Gasteiger partial charge in [-0.2, -0.15) is 0 Å². The minimum absolute atomic E-state index is 0.163. The summed E-state index contributed by atoms with van der Waals surface area (Å²) in [6, 6.07) is 7.35. The molecular formula is C28H40ClN4O2+. The summed E-state index contributed by atoms with van der Waals surface area (Å²) in [5, 5.41) is 10.5. The third-order valence-electron chi connectivity index (χ3n) is 6.28. The van der Waals surface area contributed by atoms with Crippen LogP contribution in [0.3, 0.4) is 0 Å². The number of benzene rings is 2. The van der Waals surface area contributed by atoms with Crippen LogP contribution in [0, 0.1) is 0 Å². The molecule has 0 heterocycles. The number of rotatable bonds is 13. The fraction of sp³-hybridized carbons (Fsp3) is 0.500. The molecule has 35 heavy (non-hydrogen) atoms. The second kappa shape index (κ2) is 11.9. The van der Waals surface area contributed by atoms with E-state index in [1.165, 1.54) is 0 Å². The van der Waals surface area contributed by atoms with Crippen LogP contribution in [-0.4, -0.2) is 63.4 Å². The fourth-order valence-corrected chi connectivity index (χ4v) is 4.62. The SMILES string of the molecule is CCCCNc1ccc(NCCCC)c2c1C(=O)c1c(Cl)ccc(NCCC[N+](C)(C)C)c1C2=O. The van der Waals surface area contributed by atoms with Crippen LogP contribution in [0.2, 0.25) is 5.02 Å². The van der Waals surface area contributed by atoms with Crippen molar-refractivity contribution in [1.82, 2.24) is 0 Å². The fourth-order valence-electron chi connectivity index (χ4n) is 4.38. The Kier molecular flexibility index (Phi) is 9.20. The summed E-state index contributed by atoms with van der Waals surface area (Å²) in [4.78, 5) is 27.9. The second-order valence-electron chi connectivity index (χ2n) is 10.3. The molecule has 0 aromatic heterocycles. The van der Waals surface area contributed by atoms with Crippen LogP contribution in [0.1, 0.15) is 77.8 Å². The lowest BCUT2D eigenvalue weighted by atomic mass is 9.81. The van der Waals surface area contributed by atoms with E-state index in [0.717, 1.165) is 56.2 Å². The van der Waals surface area contributed by atoms with Gasteiger partial charge < -0.3 is 20.4 Å². The lowest BCUT2D eigenvalue weighted by Gasteiger charge is -2.27. The predicted octanol–water partition coefficient (Wildman–Crippen LogP) is 6.05. The number of nitrogens with one attached hydrogen (secondary N) is 3. The number of hydrogen-bond acceptors (Lipinski definition) is 5. The summed E-state index contributed by atoms with van der Waals surface area (Å²) in [6.07, 6.45) is 4.98. The summed E-state index contributed by atoms with van der Waals surface area (Å²) in [5.74, 6) is -0.364. The summed E-state index contributed by atoms with van der Waals surface area (Å²) in [5.41, 5.74) is 3.60. The van der Waals surface area contributed by atoms with Crippen LogP contribution in [0.15, 0.2) is 24.3 Å². The molecule has 190 valence electrons. The highest BCUT2D eigenvalue weighted by atomic mass is 35.5. The van der Waals surface area contributed by atoms with E-state index in [1.807, 2.05) is 18.2 Å². The summed E-state index contributed by atoms with van der Waals surface area (Å²) < 4.78 is 0.867. The van der Waals surface area contributed by atoms with E-state index in [-0.39, 0.29) is 11.6 Å². The van der Waals surface area contributed by atoms with Crippen molar-refractivity contribution in [1.29, 1.82) is 0 Å². The van der Waals surface area contributed by atoms with Crippen molar-refractivity contribution in [2.45, 2.75) is 46.0 Å². The Balaban J connectivity index is 2.04. The predicted molar refractivity (Wildman–Crippen MR) is 148 cm³/mol. The van der Waals surface area contributed by atoms with Crippen LogP contribution < -0.4 is 16.0 Å². The number of carbonyl (C=O) groups excluding carboxylic acids is 2. The highest BCUT2D eigenvalue weighted by Crippen LogP contribution is 2.41. The average molecular weight is 500 g/mol. The zero-order chi connectivity index (χ0) is 25.6. The highest BCUT2D eigenvalue weighted by Gasteiger charge is 2.37. The molecule has 7 heteroatoms. The number of carbonyl (C=O) groups is 2. The largest absolute Gasteiger partial charge is 0.384 e. The quantitative estimate of drug-likeness (QED) is 0.197. The van der Waals surface area contributed by atoms with Crippen LogP contribution in [-0.2, 0) is 0 Å². The topological polar surface area (TPSA) is 70.2 Å². The Bertz CT molecular complexity index is 1080. The van der Waals surface area contributed by atoms with Crippen LogP contribution in [0.25, 0.3) is 0 Å². The molecule has 0 aliphatic heterocycles. The van der Waals surface area contributed by atoms with Crippen molar-refractivity contribution in [3.8, 4) is 0 Å². The molecule has 2 aromatic rings. The number of nitrogens with zero attached hydrogens (tertiary/aromatic N) is 1. The summed E-state index contributed by atoms with van der Waals surface area (Å²) in [7, 11) is 6.47. The van der Waals surface area contributed by atoms with Crippen molar-refractivity contribution in [2.75, 3.05) is 63.3 Å². The zero-order valence-corrected chi connectivity index (χ0v) is 22.6. The van der Waals surface area contributed by atoms with Gasteiger partial charge in [0.2, 0.25) is 0 Å². The first-order valence-electron chi connectivity index (χ1n) is 12.8. The van der Waals surface area contributed by atoms with Crippen LogP contribution >= 0.6 is 11.6 Å². The Hall–Kier alpha value is -2.57. The number of hydrogen-bond donors (Lipinski definition) is 3. The average Bonchev–Trinajstić information content (AvgIpc) is 2.81. The number of halogens is 1. The molecule has 0 amide bonds. The minimum Gasteiger partial charge on any atom is -0.384 e. The van der Waals surface area contributed by atoms with Crippen molar-refractivity contribution in [3.63, 3.8) is 0 Å². The molecule has 0 spiro atoms. The molecule has 3 rings (SSSR count). The molecule has 2 aromatic carbocycles. The molecule has 0 saturated carbocycles. The lowest BCUT2D eigenvalue weighted by molar-refractivity contribution is -0.870. The first kappa shape index (κ1) is 27.0. The van der Waals surface area contributed by atoms with Gasteiger partial charge in [0.15, 0.2) is 11.6 Å². The zero-order valence-electron chi connectivity index (χ0n) is 21.8. The van der Waals surface area contributed by atoms with Gasteiger partial charge in [-0.1, -0.05) is 38.3 Å². The first-order chi connectivity index (χ1) is 16.7.